The van der Waals surface area contributed by atoms with E-state index in [2.05, 4.69) is 10.2 Å². The molecule has 3 heterocycles. The molecule has 1 aromatic rings. The molecule has 0 radical (unpaired) electrons. The van der Waals surface area contributed by atoms with E-state index in [1.54, 1.807) is 19.2 Å². The standard InChI is InChI=1S/C19H24ClN7O3/c1-24-16-15(17(29)23-19(24)30)27(10-12-2-4-13(20)5-3-12)18(22-16)26-8-6-25(7-9-26)11-14(21)28/h2-5,15-16H,6-11H2,1H3,(H2,21,28)(H,23,29,30). The van der Waals surface area contributed by atoms with Gasteiger partial charge in [0.15, 0.2) is 18.2 Å². The number of urea groups is 1. The molecule has 0 aromatic heterocycles. The highest BCUT2D eigenvalue weighted by atomic mass is 35.5. The zero-order valence-electron chi connectivity index (χ0n) is 16.6. The maximum absolute atomic E-state index is 12.7. The molecule has 0 saturated carbocycles. The number of carbonyl (C=O) groups excluding carboxylic acids is 3. The molecule has 3 N–H and O–H groups in total. The van der Waals surface area contributed by atoms with E-state index in [-0.39, 0.29) is 18.4 Å². The lowest BCUT2D eigenvalue weighted by atomic mass is 10.1. The smallest absolute Gasteiger partial charge is 0.325 e. The molecule has 0 spiro atoms. The quantitative estimate of drug-likeness (QED) is 0.661. The van der Waals surface area contributed by atoms with Crippen molar-refractivity contribution in [1.29, 1.82) is 0 Å². The van der Waals surface area contributed by atoms with E-state index in [0.717, 1.165) is 5.56 Å². The fraction of sp³-hybridized carbons (Fsp3) is 0.474. The van der Waals surface area contributed by atoms with Gasteiger partial charge in [0.2, 0.25) is 5.91 Å². The number of aliphatic imine (C=N–C) groups is 1. The third-order valence-electron chi connectivity index (χ3n) is 5.64. The summed E-state index contributed by atoms with van der Waals surface area (Å²) >= 11 is 6.01. The second-order valence-electron chi connectivity index (χ2n) is 7.68. The minimum absolute atomic E-state index is 0.222. The average molecular weight is 434 g/mol. The molecule has 2 atom stereocenters. The first-order valence-corrected chi connectivity index (χ1v) is 10.1. The molecule has 0 aliphatic carbocycles. The first-order valence-electron chi connectivity index (χ1n) is 9.75. The molecule has 3 aliphatic rings. The predicted molar refractivity (Wildman–Crippen MR) is 111 cm³/mol. The number of carbonyl (C=O) groups is 3. The van der Waals surface area contributed by atoms with Crippen molar-refractivity contribution in [3.05, 3.63) is 34.9 Å². The Labute approximate surface area is 179 Å². The molecule has 4 rings (SSSR count). The number of nitrogens with zero attached hydrogens (tertiary/aromatic N) is 5. The van der Waals surface area contributed by atoms with Gasteiger partial charge < -0.3 is 20.4 Å². The number of hydrogen-bond donors (Lipinski definition) is 2. The maximum atomic E-state index is 12.7. The normalized spacial score (nSPS) is 24.6. The van der Waals surface area contributed by atoms with Gasteiger partial charge in [0, 0.05) is 44.8 Å². The minimum Gasteiger partial charge on any atom is -0.369 e. The molecule has 30 heavy (non-hydrogen) atoms. The maximum Gasteiger partial charge on any atom is 0.325 e. The van der Waals surface area contributed by atoms with Crippen molar-refractivity contribution in [2.24, 2.45) is 10.7 Å². The Kier molecular flexibility index (Phi) is 5.52. The second kappa shape index (κ2) is 8.11. The zero-order chi connectivity index (χ0) is 21.4. The molecule has 3 aliphatic heterocycles. The number of nitrogens with one attached hydrogen (secondary N) is 1. The molecule has 1 aromatic carbocycles. The Bertz CT molecular complexity index is 883. The number of likely N-dealkylation sites (N-methyl/N-ethyl adjacent to an activating group) is 1. The summed E-state index contributed by atoms with van der Waals surface area (Å²) in [5, 5.41) is 3.05. The van der Waals surface area contributed by atoms with Crippen molar-refractivity contribution in [1.82, 2.24) is 24.9 Å². The van der Waals surface area contributed by atoms with Crippen LogP contribution in [0.4, 0.5) is 4.79 Å². The number of rotatable bonds is 4. The summed E-state index contributed by atoms with van der Waals surface area (Å²) < 4.78 is 0. The van der Waals surface area contributed by atoms with E-state index in [1.807, 2.05) is 21.9 Å². The highest BCUT2D eigenvalue weighted by Gasteiger charge is 2.49. The van der Waals surface area contributed by atoms with Crippen LogP contribution in [0.3, 0.4) is 0 Å². The van der Waals surface area contributed by atoms with E-state index in [4.69, 9.17) is 22.3 Å². The number of benzene rings is 1. The third kappa shape index (κ3) is 3.92. The first-order chi connectivity index (χ1) is 14.3. The molecule has 160 valence electrons. The minimum atomic E-state index is -0.609. The summed E-state index contributed by atoms with van der Waals surface area (Å²) in [6, 6.07) is 6.37. The van der Waals surface area contributed by atoms with Crippen LogP contribution in [0, 0.1) is 0 Å². The number of nitrogens with two attached hydrogens (primary N) is 1. The fourth-order valence-electron chi connectivity index (χ4n) is 4.06. The second-order valence-corrected chi connectivity index (χ2v) is 8.11. The molecule has 2 unspecified atom stereocenters. The van der Waals surface area contributed by atoms with Gasteiger partial charge in [0.05, 0.1) is 6.54 Å². The molecule has 0 bridgehead atoms. The van der Waals surface area contributed by atoms with Crippen molar-refractivity contribution in [2.45, 2.75) is 18.8 Å². The summed E-state index contributed by atoms with van der Waals surface area (Å²) in [5.74, 6) is -0.0348. The lowest BCUT2D eigenvalue weighted by molar-refractivity contribution is -0.127. The fourth-order valence-corrected chi connectivity index (χ4v) is 4.18. The number of halogens is 1. The summed E-state index contributed by atoms with van der Waals surface area (Å²) in [4.78, 5) is 48.3. The third-order valence-corrected chi connectivity index (χ3v) is 5.89. The summed E-state index contributed by atoms with van der Waals surface area (Å²) in [6.07, 6.45) is -0.586. The van der Waals surface area contributed by atoms with Gasteiger partial charge in [0.25, 0.3) is 5.91 Å². The van der Waals surface area contributed by atoms with Gasteiger partial charge >= 0.3 is 6.03 Å². The summed E-state index contributed by atoms with van der Waals surface area (Å²) in [5.41, 5.74) is 6.28. The average Bonchev–Trinajstić information content (AvgIpc) is 3.08. The van der Waals surface area contributed by atoms with Crippen LogP contribution in [-0.2, 0) is 16.1 Å². The summed E-state index contributed by atoms with van der Waals surface area (Å²) in [7, 11) is 1.64. The van der Waals surface area contributed by atoms with Crippen LogP contribution in [0.2, 0.25) is 5.02 Å². The Balaban J connectivity index is 1.58. The van der Waals surface area contributed by atoms with Crippen LogP contribution in [0.15, 0.2) is 29.3 Å². The van der Waals surface area contributed by atoms with Crippen LogP contribution in [0.1, 0.15) is 5.56 Å². The molecule has 11 heteroatoms. The summed E-state index contributed by atoms with van der Waals surface area (Å²) in [6.45, 7) is 3.28. The van der Waals surface area contributed by atoms with Crippen molar-refractivity contribution < 1.29 is 14.4 Å². The van der Waals surface area contributed by atoms with Crippen molar-refractivity contribution in [3.8, 4) is 0 Å². The molecule has 2 fully saturated rings. The topological polar surface area (TPSA) is 115 Å². The lowest BCUT2D eigenvalue weighted by Crippen LogP contribution is -2.64. The first kappa shape index (κ1) is 20.4. The van der Waals surface area contributed by atoms with Gasteiger partial charge in [-0.15, -0.1) is 0 Å². The Morgan fingerprint density at radius 3 is 2.50 bits per heavy atom. The highest BCUT2D eigenvalue weighted by Crippen LogP contribution is 2.28. The number of primary amides is 1. The van der Waals surface area contributed by atoms with Crippen LogP contribution in [0.25, 0.3) is 0 Å². The Morgan fingerprint density at radius 2 is 1.87 bits per heavy atom. The molecular formula is C19H24ClN7O3. The molecule has 10 nitrogen and oxygen atoms in total. The number of piperazine rings is 1. The van der Waals surface area contributed by atoms with E-state index in [1.165, 1.54) is 4.90 Å². The number of fused-ring (bicyclic) bond motifs is 1. The van der Waals surface area contributed by atoms with Crippen molar-refractivity contribution >= 4 is 35.4 Å². The van der Waals surface area contributed by atoms with Crippen LogP contribution < -0.4 is 11.1 Å². The van der Waals surface area contributed by atoms with Crippen molar-refractivity contribution in [3.63, 3.8) is 0 Å². The number of guanidine groups is 1. The van der Waals surface area contributed by atoms with Crippen LogP contribution in [-0.4, -0.2) is 95.4 Å². The van der Waals surface area contributed by atoms with Gasteiger partial charge in [0.1, 0.15) is 0 Å². The largest absolute Gasteiger partial charge is 0.369 e. The molecule has 4 amide bonds. The van der Waals surface area contributed by atoms with Gasteiger partial charge in [-0.25, -0.2) is 9.79 Å². The zero-order valence-corrected chi connectivity index (χ0v) is 17.4. The Morgan fingerprint density at radius 1 is 1.20 bits per heavy atom. The molecule has 2 saturated heterocycles. The predicted octanol–water partition coefficient (Wildman–Crippen LogP) is -0.509. The van der Waals surface area contributed by atoms with Crippen molar-refractivity contribution in [2.75, 3.05) is 39.8 Å². The number of amides is 4. The van der Waals surface area contributed by atoms with E-state index in [0.29, 0.717) is 43.7 Å². The van der Waals surface area contributed by atoms with E-state index < -0.39 is 18.2 Å². The SMILES string of the molecule is CN1C(=O)NC(=O)C2C1N=C(N1CCN(CC(N)=O)CC1)N2Cc1ccc(Cl)cc1. The number of hydrogen-bond acceptors (Lipinski definition) is 7. The van der Waals surface area contributed by atoms with Gasteiger partial charge in [-0.1, -0.05) is 23.7 Å². The van der Waals surface area contributed by atoms with E-state index in [9.17, 15) is 14.4 Å². The van der Waals surface area contributed by atoms with Gasteiger partial charge in [-0.2, -0.15) is 0 Å². The Hall–Kier alpha value is -2.85. The highest BCUT2D eigenvalue weighted by molar-refractivity contribution is 6.30. The van der Waals surface area contributed by atoms with Crippen LogP contribution in [0.5, 0.6) is 0 Å². The monoisotopic (exact) mass is 433 g/mol. The molecular weight excluding hydrogens is 410 g/mol. The van der Waals surface area contributed by atoms with E-state index >= 15 is 0 Å². The van der Waals surface area contributed by atoms with Crippen LogP contribution >= 0.6 is 11.6 Å². The van der Waals surface area contributed by atoms with Gasteiger partial charge in [-0.3, -0.25) is 19.8 Å². The lowest BCUT2D eigenvalue weighted by Gasteiger charge is -2.40. The number of imide groups is 1. The van der Waals surface area contributed by atoms with Gasteiger partial charge in [-0.05, 0) is 17.7 Å².